The minimum atomic E-state index is -0.574. The molecule has 0 saturated carbocycles. The highest BCUT2D eigenvalue weighted by molar-refractivity contribution is 5.84. The number of carbonyl (C=O) groups is 1. The molecule has 3 atom stereocenters. The maximum Gasteiger partial charge on any atom is 0.232 e. The van der Waals surface area contributed by atoms with E-state index in [2.05, 4.69) is 10.2 Å². The van der Waals surface area contributed by atoms with Gasteiger partial charge in [0.05, 0.1) is 18.6 Å². The van der Waals surface area contributed by atoms with E-state index >= 15 is 0 Å². The Kier molecular flexibility index (Phi) is 3.52. The van der Waals surface area contributed by atoms with Crippen LogP contribution in [0.4, 0.5) is 0 Å². The van der Waals surface area contributed by atoms with Crippen molar-refractivity contribution in [2.45, 2.75) is 31.7 Å². The second-order valence-corrected chi connectivity index (χ2v) is 6.14. The van der Waals surface area contributed by atoms with Gasteiger partial charge in [0.1, 0.15) is 0 Å². The minimum absolute atomic E-state index is 0.131. The van der Waals surface area contributed by atoms with Gasteiger partial charge in [0, 0.05) is 36.9 Å². The fourth-order valence-electron chi connectivity index (χ4n) is 3.18. The van der Waals surface area contributed by atoms with Crippen LogP contribution < -0.4 is 5.73 Å². The predicted octanol–water partition coefficient (Wildman–Crippen LogP) is 0.480. The van der Waals surface area contributed by atoms with E-state index in [1.807, 2.05) is 17.9 Å². The lowest BCUT2D eigenvalue weighted by atomic mass is 9.83. The molecule has 0 bridgehead atoms. The van der Waals surface area contributed by atoms with Crippen molar-refractivity contribution in [1.82, 2.24) is 15.1 Å². The number of hydrogen-bond acceptors (Lipinski definition) is 4. The highest BCUT2D eigenvalue weighted by atomic mass is 16.5. The van der Waals surface area contributed by atoms with Crippen molar-refractivity contribution < 1.29 is 9.53 Å². The zero-order valence-electron chi connectivity index (χ0n) is 11.8. The van der Waals surface area contributed by atoms with Gasteiger partial charge in [0.25, 0.3) is 0 Å². The molecule has 6 heteroatoms. The van der Waals surface area contributed by atoms with Crippen LogP contribution in [-0.4, -0.2) is 53.3 Å². The number of ether oxygens (including phenoxy) is 1. The normalized spacial score (nSPS) is 34.4. The number of nitrogens with zero attached hydrogens (tertiary/aromatic N) is 2. The first-order valence-corrected chi connectivity index (χ1v) is 7.23. The molecule has 2 saturated heterocycles. The summed E-state index contributed by atoms with van der Waals surface area (Å²) in [4.78, 5) is 14.7. The molecule has 3 unspecified atom stereocenters. The molecular formula is C14H22N4O2. The molecule has 1 amide bonds. The number of H-pyrrole nitrogens is 1. The molecule has 110 valence electrons. The Morgan fingerprint density at radius 2 is 2.50 bits per heavy atom. The standard InChI is InChI=1S/C14H22N4O2/c1-14(9-20-8-12(14)15)13(19)18-6-2-3-10(7-18)11-4-5-16-17-11/h4-5,10,12H,2-3,6-9,15H2,1H3,(H,16,17). The smallest absolute Gasteiger partial charge is 0.232 e. The first kappa shape index (κ1) is 13.6. The molecule has 20 heavy (non-hydrogen) atoms. The average Bonchev–Trinajstić information content (AvgIpc) is 3.10. The zero-order chi connectivity index (χ0) is 14.2. The molecule has 3 heterocycles. The van der Waals surface area contributed by atoms with E-state index in [1.54, 1.807) is 6.20 Å². The molecule has 3 rings (SSSR count). The second kappa shape index (κ2) is 5.18. The number of rotatable bonds is 2. The third-order valence-corrected chi connectivity index (χ3v) is 4.68. The summed E-state index contributed by atoms with van der Waals surface area (Å²) in [7, 11) is 0. The molecule has 0 aromatic carbocycles. The van der Waals surface area contributed by atoms with Gasteiger partial charge in [-0.25, -0.2) is 0 Å². The third kappa shape index (κ3) is 2.23. The number of likely N-dealkylation sites (tertiary alicyclic amines) is 1. The van der Waals surface area contributed by atoms with E-state index in [9.17, 15) is 4.79 Å². The molecule has 0 aliphatic carbocycles. The quantitative estimate of drug-likeness (QED) is 0.824. The van der Waals surface area contributed by atoms with Gasteiger partial charge in [-0.1, -0.05) is 0 Å². The molecule has 2 fully saturated rings. The number of aromatic nitrogens is 2. The Hall–Kier alpha value is -1.40. The highest BCUT2D eigenvalue weighted by Crippen LogP contribution is 2.33. The lowest BCUT2D eigenvalue weighted by Gasteiger charge is -2.38. The van der Waals surface area contributed by atoms with Gasteiger partial charge in [-0.2, -0.15) is 5.10 Å². The summed E-state index contributed by atoms with van der Waals surface area (Å²) >= 11 is 0. The van der Waals surface area contributed by atoms with E-state index in [-0.39, 0.29) is 11.9 Å². The van der Waals surface area contributed by atoms with Crippen LogP contribution in [-0.2, 0) is 9.53 Å². The van der Waals surface area contributed by atoms with E-state index in [0.717, 1.165) is 31.6 Å². The van der Waals surface area contributed by atoms with Crippen molar-refractivity contribution in [2.75, 3.05) is 26.3 Å². The van der Waals surface area contributed by atoms with Crippen molar-refractivity contribution in [2.24, 2.45) is 11.1 Å². The van der Waals surface area contributed by atoms with Crippen LogP contribution >= 0.6 is 0 Å². The summed E-state index contributed by atoms with van der Waals surface area (Å²) in [6.07, 6.45) is 3.87. The van der Waals surface area contributed by atoms with Crippen LogP contribution in [0.25, 0.3) is 0 Å². The molecule has 2 aliphatic rings. The Labute approximate surface area is 118 Å². The van der Waals surface area contributed by atoms with Crippen LogP contribution in [0, 0.1) is 5.41 Å². The summed E-state index contributed by atoms with van der Waals surface area (Å²) in [5.74, 6) is 0.476. The van der Waals surface area contributed by atoms with Crippen LogP contribution in [0.2, 0.25) is 0 Å². The molecule has 6 nitrogen and oxygen atoms in total. The fourth-order valence-corrected chi connectivity index (χ4v) is 3.18. The largest absolute Gasteiger partial charge is 0.379 e. The molecule has 3 N–H and O–H groups in total. The van der Waals surface area contributed by atoms with Gasteiger partial charge >= 0.3 is 0 Å². The number of aromatic amines is 1. The Balaban J connectivity index is 1.72. The number of amides is 1. The van der Waals surface area contributed by atoms with Crippen LogP contribution in [0.5, 0.6) is 0 Å². The molecule has 0 radical (unpaired) electrons. The summed E-state index contributed by atoms with van der Waals surface area (Å²) in [6, 6.07) is 1.78. The second-order valence-electron chi connectivity index (χ2n) is 6.14. The number of carbonyl (C=O) groups excluding carboxylic acids is 1. The minimum Gasteiger partial charge on any atom is -0.379 e. The maximum absolute atomic E-state index is 12.8. The van der Waals surface area contributed by atoms with Crippen molar-refractivity contribution in [3.63, 3.8) is 0 Å². The lowest BCUT2D eigenvalue weighted by molar-refractivity contribution is -0.143. The summed E-state index contributed by atoms with van der Waals surface area (Å²) < 4.78 is 5.39. The van der Waals surface area contributed by atoms with E-state index < -0.39 is 5.41 Å². The van der Waals surface area contributed by atoms with Gasteiger partial charge < -0.3 is 15.4 Å². The monoisotopic (exact) mass is 278 g/mol. The Morgan fingerprint density at radius 1 is 1.65 bits per heavy atom. The van der Waals surface area contributed by atoms with Gasteiger partial charge in [-0.3, -0.25) is 9.89 Å². The third-order valence-electron chi connectivity index (χ3n) is 4.68. The molecule has 0 spiro atoms. The molecule has 1 aromatic heterocycles. The summed E-state index contributed by atoms with van der Waals surface area (Å²) in [5.41, 5.74) is 6.60. The predicted molar refractivity (Wildman–Crippen MR) is 74.0 cm³/mol. The Morgan fingerprint density at radius 3 is 3.15 bits per heavy atom. The van der Waals surface area contributed by atoms with Crippen molar-refractivity contribution in [1.29, 1.82) is 0 Å². The fraction of sp³-hybridized carbons (Fsp3) is 0.714. The number of nitrogens with one attached hydrogen (secondary N) is 1. The topological polar surface area (TPSA) is 84.2 Å². The summed E-state index contributed by atoms with van der Waals surface area (Å²) in [6.45, 7) is 4.38. The van der Waals surface area contributed by atoms with E-state index in [1.165, 1.54) is 0 Å². The van der Waals surface area contributed by atoms with Crippen molar-refractivity contribution in [3.8, 4) is 0 Å². The first-order chi connectivity index (χ1) is 9.61. The van der Waals surface area contributed by atoms with Crippen molar-refractivity contribution in [3.05, 3.63) is 18.0 Å². The van der Waals surface area contributed by atoms with Gasteiger partial charge in [-0.15, -0.1) is 0 Å². The molecule has 1 aromatic rings. The van der Waals surface area contributed by atoms with Crippen LogP contribution in [0.15, 0.2) is 12.3 Å². The van der Waals surface area contributed by atoms with Crippen molar-refractivity contribution >= 4 is 5.91 Å². The van der Waals surface area contributed by atoms with Gasteiger partial charge in [-0.05, 0) is 25.8 Å². The Bertz CT molecular complexity index is 476. The van der Waals surface area contributed by atoms with Crippen LogP contribution in [0.3, 0.4) is 0 Å². The van der Waals surface area contributed by atoms with E-state index in [0.29, 0.717) is 19.1 Å². The van der Waals surface area contributed by atoms with E-state index in [4.69, 9.17) is 10.5 Å². The lowest BCUT2D eigenvalue weighted by Crippen LogP contribution is -2.53. The number of hydrogen-bond donors (Lipinski definition) is 2. The van der Waals surface area contributed by atoms with Gasteiger partial charge in [0.15, 0.2) is 0 Å². The number of piperidine rings is 1. The highest BCUT2D eigenvalue weighted by Gasteiger charge is 2.47. The SMILES string of the molecule is CC1(C(=O)N2CCCC(c3ccn[nH]3)C2)COCC1N. The first-order valence-electron chi connectivity index (χ1n) is 7.23. The zero-order valence-corrected chi connectivity index (χ0v) is 11.8. The van der Waals surface area contributed by atoms with Gasteiger partial charge in [0.2, 0.25) is 5.91 Å². The molecular weight excluding hydrogens is 256 g/mol. The molecule has 2 aliphatic heterocycles. The van der Waals surface area contributed by atoms with Crippen LogP contribution in [0.1, 0.15) is 31.4 Å². The maximum atomic E-state index is 12.8. The number of nitrogens with two attached hydrogens (primary N) is 1. The summed E-state index contributed by atoms with van der Waals surface area (Å²) in [5, 5.41) is 7.02. The average molecular weight is 278 g/mol.